The molecule has 8 unspecified atom stereocenters. The lowest BCUT2D eigenvalue weighted by atomic mass is 9.87. The van der Waals surface area contributed by atoms with Crippen molar-refractivity contribution in [2.75, 3.05) is 39.0 Å². The summed E-state index contributed by atoms with van der Waals surface area (Å²) in [5.74, 6) is -10.9. The van der Waals surface area contributed by atoms with Crippen LogP contribution in [-0.2, 0) is 108 Å². The highest BCUT2D eigenvalue weighted by molar-refractivity contribution is 7.85. The largest absolute Gasteiger partial charge is 0.481 e. The van der Waals surface area contributed by atoms with Gasteiger partial charge in [-0.3, -0.25) is 52.5 Å². The lowest BCUT2D eigenvalue weighted by Gasteiger charge is -2.35. The normalized spacial score (nSPS) is 13.8. The third-order valence-corrected chi connectivity index (χ3v) is 20.3. The Morgan fingerprint density at radius 2 is 0.657 bits per heavy atom. The van der Waals surface area contributed by atoms with E-state index in [1.807, 2.05) is 153 Å². The van der Waals surface area contributed by atoms with Gasteiger partial charge in [0.25, 0.3) is 10.1 Å². The van der Waals surface area contributed by atoms with Gasteiger partial charge in [-0.1, -0.05) is 212 Å². The Labute approximate surface area is 633 Å². The van der Waals surface area contributed by atoms with E-state index in [4.69, 9.17) is 0 Å². The van der Waals surface area contributed by atoms with Crippen molar-refractivity contribution in [3.63, 3.8) is 0 Å². The zero-order valence-corrected chi connectivity index (χ0v) is 62.2. The van der Waals surface area contributed by atoms with E-state index >= 15 is 4.79 Å². The van der Waals surface area contributed by atoms with Crippen LogP contribution < -0.4 is 21.3 Å². The Kier molecular flexibility index (Phi) is 35.1. The summed E-state index contributed by atoms with van der Waals surface area (Å²) in [6.07, 6.45) is 1.30. The molecule has 0 aromatic heterocycles. The number of carbonyl (C=O) groups excluding carboxylic acids is 9. The van der Waals surface area contributed by atoms with Crippen LogP contribution in [0.1, 0.15) is 122 Å². The molecule has 21 nitrogen and oxygen atoms in total. The zero-order chi connectivity index (χ0) is 77.7. The van der Waals surface area contributed by atoms with Crippen molar-refractivity contribution >= 4 is 74.6 Å². The van der Waals surface area contributed by atoms with Gasteiger partial charge in [-0.25, -0.2) is 4.79 Å². The molecule has 7 aromatic rings. The molecule has 0 bridgehead atoms. The molecule has 4 amide bonds. The van der Waals surface area contributed by atoms with E-state index in [1.54, 1.807) is 66.7 Å². The maximum atomic E-state index is 15.1. The first-order valence-corrected chi connectivity index (χ1v) is 38.8. The van der Waals surface area contributed by atoms with Gasteiger partial charge in [0.2, 0.25) is 23.6 Å². The number of nitrogens with one attached hydrogen (secondary N) is 4. The molecule has 0 saturated heterocycles. The molecule has 7 N–H and O–H groups in total. The summed E-state index contributed by atoms with van der Waals surface area (Å²) >= 11 is 0. The molecule has 108 heavy (non-hydrogen) atoms. The van der Waals surface area contributed by atoms with Gasteiger partial charge >= 0.3 is 11.9 Å². The molecule has 0 radical (unpaired) electrons. The molecular weight excluding hydrogens is 1390 g/mol. The summed E-state index contributed by atoms with van der Waals surface area (Å²) in [6, 6.07) is 59.7. The first-order valence-electron chi connectivity index (χ1n) is 37.2. The van der Waals surface area contributed by atoms with Crippen LogP contribution in [0.5, 0.6) is 0 Å². The van der Waals surface area contributed by atoms with Crippen LogP contribution in [0.2, 0.25) is 0 Å². The second kappa shape index (κ2) is 44.6. The molecular formula is C86H102N5O16S+. The molecule has 0 fully saturated rings. The van der Waals surface area contributed by atoms with Crippen LogP contribution in [0.15, 0.2) is 212 Å². The average Bonchev–Trinajstić information content (AvgIpc) is 0.842. The number of quaternary nitrogens is 1. The summed E-state index contributed by atoms with van der Waals surface area (Å²) < 4.78 is 33.8. The van der Waals surface area contributed by atoms with Gasteiger partial charge in [0.1, 0.15) is 17.6 Å². The van der Waals surface area contributed by atoms with Crippen LogP contribution >= 0.6 is 0 Å². The Bertz CT molecular complexity index is 4160. The molecule has 8 atom stereocenters. The summed E-state index contributed by atoms with van der Waals surface area (Å²) in [4.78, 5) is 151. The number of aliphatic carboxylic acids is 2. The minimum atomic E-state index is -4.29. The van der Waals surface area contributed by atoms with Crippen molar-refractivity contribution < 1.29 is 80.4 Å². The zero-order valence-electron chi connectivity index (χ0n) is 61.4. The molecule has 7 aromatic carbocycles. The van der Waals surface area contributed by atoms with Crippen LogP contribution in [-0.4, -0.2) is 149 Å². The summed E-state index contributed by atoms with van der Waals surface area (Å²) in [5, 5.41) is 31.1. The number of rotatable bonds is 51. The van der Waals surface area contributed by atoms with Gasteiger partial charge in [-0.05, 0) is 103 Å². The Balaban J connectivity index is 0.974. The average molecular weight is 1490 g/mol. The third kappa shape index (κ3) is 32.0. The number of benzene rings is 7. The molecule has 0 aliphatic rings. The molecule has 572 valence electrons. The highest BCUT2D eigenvalue weighted by Crippen LogP contribution is 2.24. The summed E-state index contributed by atoms with van der Waals surface area (Å²) in [6.45, 7) is 0.944. The fraction of sp³-hybridized carbons (Fsp3) is 0.384. The highest BCUT2D eigenvalue weighted by Gasteiger charge is 2.35. The van der Waals surface area contributed by atoms with E-state index in [-0.39, 0.29) is 114 Å². The molecule has 0 heterocycles. The van der Waals surface area contributed by atoms with Gasteiger partial charge in [0, 0.05) is 82.0 Å². The molecule has 0 aliphatic carbocycles. The van der Waals surface area contributed by atoms with Crippen molar-refractivity contribution in [3.05, 3.63) is 251 Å². The molecule has 0 saturated carbocycles. The minimum Gasteiger partial charge on any atom is -0.481 e. The number of ketones is 5. The Morgan fingerprint density at radius 3 is 1.01 bits per heavy atom. The minimum absolute atomic E-state index is 0.0463. The number of Topliss-reactive ketones (excluding diaryl/α,β-unsaturated/α-hetero) is 5. The standard InChI is InChI=1S/C86H101N5O16S/c1-91(48-27-49-108(105,106)107,46-25-23-42-73(92)57-69(50-62-28-9-2-10-29-62)82(98)87-61-75(94)44-45-81(97)88-78(86(103)104)56-68-40-21-8-22-41-68)47-26-24-43-74(93)58-70(51-63-30-11-3-12-31-63)83(99)89-76(54-66-36-17-6-18-37-66)79(95)59-71(52-64-32-13-4-14-33-64)84(100)90-77(55-67-38-19-7-20-39-67)80(96)60-72(85(101)102)53-65-34-15-5-16-35-65/h2-22,28-41,69-72,76-78H,23-27,42-61H2,1H3,(H6-,87,88,89,90,97,98,99,100,101,102,103,104,105,106,107)/p+1. The number of unbranched alkanes of at least 4 members (excludes halogenated alkanes) is 2. The van der Waals surface area contributed by atoms with Crippen LogP contribution in [0.4, 0.5) is 0 Å². The number of carbonyl (C=O) groups is 11. The lowest BCUT2D eigenvalue weighted by Crippen LogP contribution is -2.49. The van der Waals surface area contributed by atoms with Crippen molar-refractivity contribution in [3.8, 4) is 0 Å². The van der Waals surface area contributed by atoms with E-state index in [9.17, 15) is 71.1 Å². The first-order chi connectivity index (χ1) is 51.8. The number of hydrogen-bond acceptors (Lipinski definition) is 13. The van der Waals surface area contributed by atoms with E-state index in [0.717, 1.165) is 33.4 Å². The fourth-order valence-corrected chi connectivity index (χ4v) is 14.0. The van der Waals surface area contributed by atoms with E-state index in [0.29, 0.717) is 55.4 Å². The molecule has 0 spiro atoms. The molecule has 0 aliphatic heterocycles. The molecule has 7 rings (SSSR count). The lowest BCUT2D eigenvalue weighted by molar-refractivity contribution is -0.910. The quantitative estimate of drug-likeness (QED) is 0.0106. The second-order valence-corrected chi connectivity index (χ2v) is 30.0. The SMILES string of the molecule is C[N+](CCCCC(=O)CC(Cc1ccccc1)C(=O)NCC(=O)CCC(=O)NC(Cc1ccccc1)C(=O)O)(CCCCC(=O)CC(Cc1ccccc1)C(=O)NC(Cc1ccccc1)C(=O)CC(Cc1ccccc1)C(=O)NC(Cc1ccccc1)C(=O)CC(Cc1ccccc1)C(=O)O)CCCS(=O)(=O)O. The Morgan fingerprint density at radius 1 is 0.343 bits per heavy atom. The fourth-order valence-electron chi connectivity index (χ4n) is 13.5. The van der Waals surface area contributed by atoms with Crippen LogP contribution in [0.25, 0.3) is 0 Å². The van der Waals surface area contributed by atoms with E-state index in [2.05, 4.69) is 21.3 Å². The summed E-state index contributed by atoms with van der Waals surface area (Å²) in [5.41, 5.74) is 5.19. The monoisotopic (exact) mass is 1490 g/mol. The summed E-state index contributed by atoms with van der Waals surface area (Å²) in [7, 11) is -2.34. The number of hydrogen-bond donors (Lipinski definition) is 7. The van der Waals surface area contributed by atoms with Crippen molar-refractivity contribution in [1.29, 1.82) is 0 Å². The Hall–Kier alpha value is -10.4. The molecule has 22 heteroatoms. The first kappa shape index (κ1) is 84.8. The van der Waals surface area contributed by atoms with Crippen LogP contribution in [0.3, 0.4) is 0 Å². The third-order valence-electron chi connectivity index (χ3n) is 19.5. The second-order valence-electron chi connectivity index (χ2n) is 28.5. The van der Waals surface area contributed by atoms with E-state index in [1.165, 1.54) is 0 Å². The van der Waals surface area contributed by atoms with Crippen molar-refractivity contribution in [1.82, 2.24) is 21.3 Å². The van der Waals surface area contributed by atoms with Crippen molar-refractivity contribution in [2.24, 2.45) is 23.7 Å². The van der Waals surface area contributed by atoms with Gasteiger partial charge in [0.15, 0.2) is 17.3 Å². The van der Waals surface area contributed by atoms with E-state index < -0.39 is 117 Å². The highest BCUT2D eigenvalue weighted by atomic mass is 32.2. The van der Waals surface area contributed by atoms with Gasteiger partial charge in [0.05, 0.1) is 57.0 Å². The van der Waals surface area contributed by atoms with Crippen LogP contribution in [0, 0.1) is 23.7 Å². The smallest absolute Gasteiger partial charge is 0.326 e. The van der Waals surface area contributed by atoms with Gasteiger partial charge < -0.3 is 36.0 Å². The van der Waals surface area contributed by atoms with Gasteiger partial charge in [-0.15, -0.1) is 0 Å². The number of carboxylic acids is 2. The maximum absolute atomic E-state index is 15.1. The maximum Gasteiger partial charge on any atom is 0.326 e. The van der Waals surface area contributed by atoms with Crippen molar-refractivity contribution in [2.45, 2.75) is 147 Å². The number of carboxylic acid groups (broad SMARTS) is 2. The predicted octanol–water partition coefficient (Wildman–Crippen LogP) is 10.1. The number of nitrogens with zero attached hydrogens (tertiary/aromatic N) is 1. The van der Waals surface area contributed by atoms with Gasteiger partial charge in [-0.2, -0.15) is 8.42 Å². The predicted molar refractivity (Wildman–Crippen MR) is 411 cm³/mol. The number of amides is 4. The topological polar surface area (TPSA) is 331 Å².